The van der Waals surface area contributed by atoms with Gasteiger partial charge in [-0.2, -0.15) is 0 Å². The van der Waals surface area contributed by atoms with Crippen molar-refractivity contribution in [3.05, 3.63) is 30.3 Å². The lowest BCUT2D eigenvalue weighted by Crippen LogP contribution is -2.04. The van der Waals surface area contributed by atoms with Crippen molar-refractivity contribution < 1.29 is 14.7 Å². The number of rotatable bonds is 1. The Kier molecular flexibility index (Phi) is 5.78. The van der Waals surface area contributed by atoms with Gasteiger partial charge in [0, 0.05) is 19.5 Å². The molecule has 1 aromatic carbocycles. The van der Waals surface area contributed by atoms with Crippen LogP contribution in [-0.2, 0) is 9.59 Å². The molecule has 0 heterocycles. The van der Waals surface area contributed by atoms with E-state index in [-0.39, 0.29) is 5.91 Å². The number of carbonyl (C=O) groups is 2. The zero-order chi connectivity index (χ0) is 11.0. The molecule has 0 atom stereocenters. The molecule has 1 amide bonds. The lowest BCUT2D eigenvalue weighted by molar-refractivity contribution is -0.134. The predicted molar refractivity (Wildman–Crippen MR) is 54.1 cm³/mol. The molecule has 0 aliphatic rings. The fourth-order valence-corrected chi connectivity index (χ4v) is 0.725. The molecule has 0 aromatic heterocycles. The van der Waals surface area contributed by atoms with E-state index in [1.165, 1.54) is 6.92 Å². The summed E-state index contributed by atoms with van der Waals surface area (Å²) in [5.41, 5.74) is 0.843. The molecule has 0 aliphatic carbocycles. The predicted octanol–water partition coefficient (Wildman–Crippen LogP) is 1.74. The molecule has 0 saturated heterocycles. The number of nitrogens with one attached hydrogen (secondary N) is 1. The number of benzene rings is 1. The van der Waals surface area contributed by atoms with Crippen LogP contribution in [0.4, 0.5) is 5.69 Å². The molecule has 0 spiro atoms. The van der Waals surface area contributed by atoms with Gasteiger partial charge in [-0.25, -0.2) is 0 Å². The third-order valence-corrected chi connectivity index (χ3v) is 1.09. The van der Waals surface area contributed by atoms with Gasteiger partial charge in [0.15, 0.2) is 0 Å². The number of aliphatic carboxylic acids is 1. The summed E-state index contributed by atoms with van der Waals surface area (Å²) < 4.78 is 0. The van der Waals surface area contributed by atoms with Gasteiger partial charge in [0.2, 0.25) is 5.91 Å². The molecule has 0 fully saturated rings. The van der Waals surface area contributed by atoms with E-state index in [4.69, 9.17) is 9.90 Å². The number of anilines is 1. The van der Waals surface area contributed by atoms with Crippen LogP contribution in [0.5, 0.6) is 0 Å². The Hall–Kier alpha value is -1.84. The van der Waals surface area contributed by atoms with Crippen molar-refractivity contribution in [1.82, 2.24) is 0 Å². The molecule has 0 radical (unpaired) electrons. The van der Waals surface area contributed by atoms with Gasteiger partial charge in [0.05, 0.1) is 0 Å². The summed E-state index contributed by atoms with van der Waals surface area (Å²) in [6.07, 6.45) is 0. The maximum absolute atomic E-state index is 10.5. The van der Waals surface area contributed by atoms with Crippen molar-refractivity contribution in [1.29, 1.82) is 0 Å². The van der Waals surface area contributed by atoms with Crippen LogP contribution in [0.1, 0.15) is 13.8 Å². The number of hydrogen-bond donors (Lipinski definition) is 2. The Balaban J connectivity index is 0.000000364. The highest BCUT2D eigenvalue weighted by Gasteiger charge is 1.90. The van der Waals surface area contributed by atoms with E-state index < -0.39 is 5.97 Å². The van der Waals surface area contributed by atoms with Crippen molar-refractivity contribution in [3.8, 4) is 0 Å². The summed E-state index contributed by atoms with van der Waals surface area (Å²) in [6, 6.07) is 9.37. The monoisotopic (exact) mass is 195 g/mol. The van der Waals surface area contributed by atoms with Crippen LogP contribution >= 0.6 is 0 Å². The third-order valence-electron chi connectivity index (χ3n) is 1.09. The maximum Gasteiger partial charge on any atom is 0.300 e. The Morgan fingerprint density at radius 3 is 1.93 bits per heavy atom. The van der Waals surface area contributed by atoms with Gasteiger partial charge in [-0.05, 0) is 12.1 Å². The van der Waals surface area contributed by atoms with Crippen LogP contribution < -0.4 is 5.32 Å². The van der Waals surface area contributed by atoms with Gasteiger partial charge in [-0.1, -0.05) is 18.2 Å². The van der Waals surface area contributed by atoms with Crippen molar-refractivity contribution in [2.24, 2.45) is 0 Å². The van der Waals surface area contributed by atoms with Crippen molar-refractivity contribution >= 4 is 17.6 Å². The molecule has 0 saturated carbocycles. The summed E-state index contributed by atoms with van der Waals surface area (Å²) in [5, 5.41) is 10.1. The average Bonchev–Trinajstić information content (AvgIpc) is 2.03. The van der Waals surface area contributed by atoms with E-state index in [0.717, 1.165) is 12.6 Å². The summed E-state index contributed by atoms with van der Waals surface area (Å²) in [4.78, 5) is 19.5. The van der Waals surface area contributed by atoms with Crippen LogP contribution in [-0.4, -0.2) is 17.0 Å². The second kappa shape index (κ2) is 6.65. The second-order valence-electron chi connectivity index (χ2n) is 2.57. The van der Waals surface area contributed by atoms with Crippen molar-refractivity contribution in [2.45, 2.75) is 13.8 Å². The van der Waals surface area contributed by atoms with E-state index in [0.29, 0.717) is 0 Å². The first-order chi connectivity index (χ1) is 6.52. The van der Waals surface area contributed by atoms with Gasteiger partial charge in [0.1, 0.15) is 0 Å². The standard InChI is InChI=1S/C8H9NO.C2H4O2/c1-7(10)9-8-5-3-2-4-6-8;1-2(3)4/h2-6H,1H3,(H,9,10);1H3,(H,3,4). The van der Waals surface area contributed by atoms with Crippen LogP contribution in [0.25, 0.3) is 0 Å². The number of carbonyl (C=O) groups excluding carboxylic acids is 1. The number of carboxylic acid groups (broad SMARTS) is 1. The smallest absolute Gasteiger partial charge is 0.300 e. The van der Waals surface area contributed by atoms with Gasteiger partial charge in [-0.15, -0.1) is 0 Å². The molecule has 0 bridgehead atoms. The minimum atomic E-state index is -0.833. The lowest BCUT2D eigenvalue weighted by Gasteiger charge is -1.98. The van der Waals surface area contributed by atoms with Crippen molar-refractivity contribution in [2.75, 3.05) is 5.32 Å². The lowest BCUT2D eigenvalue weighted by atomic mass is 10.3. The maximum atomic E-state index is 10.5. The highest BCUT2D eigenvalue weighted by atomic mass is 16.4. The Labute approximate surface area is 82.6 Å². The third kappa shape index (κ3) is 8.26. The van der Waals surface area contributed by atoms with Gasteiger partial charge in [-0.3, -0.25) is 9.59 Å². The first-order valence-corrected chi connectivity index (χ1v) is 4.04. The van der Waals surface area contributed by atoms with E-state index in [1.807, 2.05) is 30.3 Å². The van der Waals surface area contributed by atoms with Crippen LogP contribution in [0.3, 0.4) is 0 Å². The first kappa shape index (κ1) is 12.2. The fourth-order valence-electron chi connectivity index (χ4n) is 0.725. The topological polar surface area (TPSA) is 66.4 Å². The number of carboxylic acids is 1. The van der Waals surface area contributed by atoms with Gasteiger partial charge >= 0.3 is 0 Å². The summed E-state index contributed by atoms with van der Waals surface area (Å²) in [6.45, 7) is 2.58. The Morgan fingerprint density at radius 2 is 1.57 bits per heavy atom. The van der Waals surface area contributed by atoms with Crippen LogP contribution in [0.15, 0.2) is 30.3 Å². The molecule has 1 rings (SSSR count). The van der Waals surface area contributed by atoms with Crippen LogP contribution in [0, 0.1) is 0 Å². The quantitative estimate of drug-likeness (QED) is 0.717. The molecule has 4 nitrogen and oxygen atoms in total. The van der Waals surface area contributed by atoms with E-state index in [9.17, 15) is 4.79 Å². The minimum Gasteiger partial charge on any atom is -0.481 e. The SMILES string of the molecule is CC(=O)Nc1ccccc1.CC(=O)O. The zero-order valence-electron chi connectivity index (χ0n) is 8.15. The number of hydrogen-bond acceptors (Lipinski definition) is 2. The zero-order valence-corrected chi connectivity index (χ0v) is 8.15. The van der Waals surface area contributed by atoms with E-state index >= 15 is 0 Å². The molecule has 2 N–H and O–H groups in total. The van der Waals surface area contributed by atoms with Gasteiger partial charge in [0.25, 0.3) is 5.97 Å². The minimum absolute atomic E-state index is 0.0359. The number of amides is 1. The van der Waals surface area contributed by atoms with E-state index in [2.05, 4.69) is 5.32 Å². The fraction of sp³-hybridized carbons (Fsp3) is 0.200. The number of para-hydroxylation sites is 1. The molecule has 0 unspecified atom stereocenters. The molecular formula is C10H13NO3. The molecule has 1 aromatic rings. The molecule has 0 aliphatic heterocycles. The Bertz CT molecular complexity index is 291. The average molecular weight is 195 g/mol. The highest BCUT2D eigenvalue weighted by Crippen LogP contribution is 2.03. The van der Waals surface area contributed by atoms with E-state index in [1.54, 1.807) is 0 Å². The van der Waals surface area contributed by atoms with Crippen LogP contribution in [0.2, 0.25) is 0 Å². The molecular weight excluding hydrogens is 182 g/mol. The highest BCUT2D eigenvalue weighted by molar-refractivity contribution is 5.88. The Morgan fingerprint density at radius 1 is 1.14 bits per heavy atom. The second-order valence-corrected chi connectivity index (χ2v) is 2.57. The largest absolute Gasteiger partial charge is 0.481 e. The molecule has 76 valence electrons. The first-order valence-electron chi connectivity index (χ1n) is 4.04. The summed E-state index contributed by atoms with van der Waals surface area (Å²) in [5.74, 6) is -0.869. The van der Waals surface area contributed by atoms with Crippen molar-refractivity contribution in [3.63, 3.8) is 0 Å². The summed E-state index contributed by atoms with van der Waals surface area (Å²) >= 11 is 0. The van der Waals surface area contributed by atoms with Gasteiger partial charge < -0.3 is 10.4 Å². The molecule has 14 heavy (non-hydrogen) atoms. The molecule has 4 heteroatoms. The normalized spacial score (nSPS) is 8.14. The summed E-state index contributed by atoms with van der Waals surface area (Å²) in [7, 11) is 0.